The Kier molecular flexibility index (Phi) is 4.84. The summed E-state index contributed by atoms with van der Waals surface area (Å²) in [6.45, 7) is 2.22. The number of methoxy groups -OCH3 is 1. The van der Waals surface area contributed by atoms with Crippen LogP contribution in [0.1, 0.15) is 18.4 Å². The summed E-state index contributed by atoms with van der Waals surface area (Å²) in [5.74, 6) is -0.185. The lowest BCUT2D eigenvalue weighted by Crippen LogP contribution is -2.38. The molecule has 0 saturated carbocycles. The first kappa shape index (κ1) is 14.7. The normalized spacial score (nSPS) is 18.9. The summed E-state index contributed by atoms with van der Waals surface area (Å²) >= 11 is 0. The van der Waals surface area contributed by atoms with Gasteiger partial charge in [-0.2, -0.15) is 0 Å². The molecule has 1 aliphatic heterocycles. The van der Waals surface area contributed by atoms with Crippen molar-refractivity contribution in [2.24, 2.45) is 5.92 Å². The summed E-state index contributed by atoms with van der Waals surface area (Å²) in [6.07, 6.45) is 1.66. The maximum Gasteiger partial charge on any atom is 0.308 e. The predicted molar refractivity (Wildman–Crippen MR) is 78.3 cm³/mol. The lowest BCUT2D eigenvalue weighted by molar-refractivity contribution is -0.141. The quantitative estimate of drug-likeness (QED) is 0.858. The van der Waals surface area contributed by atoms with Gasteiger partial charge in [0.25, 0.3) is 0 Å². The molecule has 1 heterocycles. The number of nitrogens with zero attached hydrogens (tertiary/aromatic N) is 1. The fourth-order valence-electron chi connectivity index (χ4n) is 2.69. The van der Waals surface area contributed by atoms with E-state index >= 15 is 0 Å². The fourth-order valence-corrected chi connectivity index (χ4v) is 2.69. The SMILES string of the molecule is CNCc1ccc(N2CCCC(C(=O)O)C2)c(OC)c1. The molecule has 5 nitrogen and oxygen atoms in total. The Hall–Kier alpha value is -1.75. The van der Waals surface area contributed by atoms with Gasteiger partial charge in [0.2, 0.25) is 0 Å². The first-order chi connectivity index (χ1) is 9.65. The average Bonchev–Trinajstić information content (AvgIpc) is 2.47. The third kappa shape index (κ3) is 3.22. The molecule has 0 aromatic heterocycles. The molecule has 0 radical (unpaired) electrons. The number of benzene rings is 1. The number of hydrogen-bond acceptors (Lipinski definition) is 4. The highest BCUT2D eigenvalue weighted by Gasteiger charge is 2.26. The van der Waals surface area contributed by atoms with Crippen molar-refractivity contribution >= 4 is 11.7 Å². The number of carbonyl (C=O) groups is 1. The number of carboxylic acids is 1. The second kappa shape index (κ2) is 6.61. The van der Waals surface area contributed by atoms with Crippen LogP contribution in [0.4, 0.5) is 5.69 Å². The summed E-state index contributed by atoms with van der Waals surface area (Å²) in [7, 11) is 3.56. The summed E-state index contributed by atoms with van der Waals surface area (Å²) in [5.41, 5.74) is 2.14. The average molecular weight is 278 g/mol. The molecular weight excluding hydrogens is 256 g/mol. The van der Waals surface area contributed by atoms with Gasteiger partial charge in [-0.05, 0) is 37.6 Å². The standard InChI is InChI=1S/C15H22N2O3/c1-16-9-11-5-6-13(14(8-11)20-2)17-7-3-4-12(10-17)15(18)19/h5-6,8,12,16H,3-4,7,9-10H2,1-2H3,(H,18,19). The van der Waals surface area contributed by atoms with Crippen LogP contribution in [0.15, 0.2) is 18.2 Å². The van der Waals surface area contributed by atoms with E-state index in [-0.39, 0.29) is 5.92 Å². The Balaban J connectivity index is 2.20. The zero-order chi connectivity index (χ0) is 14.5. The summed E-state index contributed by atoms with van der Waals surface area (Å²) in [5, 5.41) is 12.3. The van der Waals surface area contributed by atoms with Crippen LogP contribution in [-0.2, 0) is 11.3 Å². The molecule has 2 rings (SSSR count). The van der Waals surface area contributed by atoms with Gasteiger partial charge in [0.15, 0.2) is 0 Å². The van der Waals surface area contributed by atoms with E-state index in [9.17, 15) is 9.90 Å². The van der Waals surface area contributed by atoms with Gasteiger partial charge in [-0.25, -0.2) is 0 Å². The van der Waals surface area contributed by atoms with Crippen molar-refractivity contribution in [3.05, 3.63) is 23.8 Å². The Morgan fingerprint density at radius 2 is 2.35 bits per heavy atom. The van der Waals surface area contributed by atoms with Crippen molar-refractivity contribution in [3.8, 4) is 5.75 Å². The molecule has 0 bridgehead atoms. The molecule has 0 spiro atoms. The number of nitrogens with one attached hydrogen (secondary N) is 1. The van der Waals surface area contributed by atoms with Crippen molar-refractivity contribution in [1.82, 2.24) is 5.32 Å². The van der Waals surface area contributed by atoms with E-state index in [1.54, 1.807) is 7.11 Å². The minimum Gasteiger partial charge on any atom is -0.495 e. The predicted octanol–water partition coefficient (Wildman–Crippen LogP) is 1.72. The minimum absolute atomic E-state index is 0.287. The van der Waals surface area contributed by atoms with Crippen LogP contribution in [0.5, 0.6) is 5.75 Å². The molecule has 1 fully saturated rings. The van der Waals surface area contributed by atoms with Gasteiger partial charge in [0.05, 0.1) is 18.7 Å². The van der Waals surface area contributed by atoms with Crippen molar-refractivity contribution in [3.63, 3.8) is 0 Å². The number of aliphatic carboxylic acids is 1. The van der Waals surface area contributed by atoms with Crippen LogP contribution < -0.4 is 15.0 Å². The molecule has 1 atom stereocenters. The number of rotatable bonds is 5. The number of hydrogen-bond donors (Lipinski definition) is 2. The Morgan fingerprint density at radius 1 is 1.55 bits per heavy atom. The fraction of sp³-hybridized carbons (Fsp3) is 0.533. The second-order valence-corrected chi connectivity index (χ2v) is 5.16. The van der Waals surface area contributed by atoms with Crippen LogP contribution in [0.2, 0.25) is 0 Å². The van der Waals surface area contributed by atoms with Crippen LogP contribution >= 0.6 is 0 Å². The molecule has 1 aromatic carbocycles. The molecule has 110 valence electrons. The lowest BCUT2D eigenvalue weighted by atomic mass is 9.97. The highest BCUT2D eigenvalue weighted by atomic mass is 16.5. The minimum atomic E-state index is -0.708. The smallest absolute Gasteiger partial charge is 0.308 e. The van der Waals surface area contributed by atoms with Gasteiger partial charge >= 0.3 is 5.97 Å². The van der Waals surface area contributed by atoms with E-state index in [4.69, 9.17) is 4.74 Å². The molecule has 1 aromatic rings. The van der Waals surface area contributed by atoms with E-state index in [1.807, 2.05) is 19.2 Å². The van der Waals surface area contributed by atoms with Gasteiger partial charge in [-0.3, -0.25) is 4.79 Å². The molecule has 0 aliphatic carbocycles. The second-order valence-electron chi connectivity index (χ2n) is 5.16. The van der Waals surface area contributed by atoms with E-state index in [1.165, 1.54) is 0 Å². The Bertz CT molecular complexity index is 476. The third-order valence-electron chi connectivity index (χ3n) is 3.74. The molecule has 20 heavy (non-hydrogen) atoms. The molecule has 2 N–H and O–H groups in total. The van der Waals surface area contributed by atoms with Gasteiger partial charge in [-0.15, -0.1) is 0 Å². The summed E-state index contributed by atoms with van der Waals surface area (Å²) < 4.78 is 5.46. The monoisotopic (exact) mass is 278 g/mol. The van der Waals surface area contributed by atoms with Crippen LogP contribution in [0, 0.1) is 5.92 Å². The zero-order valence-corrected chi connectivity index (χ0v) is 12.1. The largest absolute Gasteiger partial charge is 0.495 e. The Morgan fingerprint density at radius 3 is 3.00 bits per heavy atom. The van der Waals surface area contributed by atoms with Crippen molar-refractivity contribution in [2.75, 3.05) is 32.1 Å². The maximum atomic E-state index is 11.2. The first-order valence-electron chi connectivity index (χ1n) is 6.95. The van der Waals surface area contributed by atoms with E-state index in [0.717, 1.165) is 42.9 Å². The van der Waals surface area contributed by atoms with Crippen molar-refractivity contribution < 1.29 is 14.6 Å². The van der Waals surface area contributed by atoms with E-state index in [2.05, 4.69) is 16.3 Å². The zero-order valence-electron chi connectivity index (χ0n) is 12.1. The van der Waals surface area contributed by atoms with Crippen LogP contribution in [0.3, 0.4) is 0 Å². The van der Waals surface area contributed by atoms with E-state index < -0.39 is 5.97 Å². The molecule has 1 saturated heterocycles. The van der Waals surface area contributed by atoms with Crippen molar-refractivity contribution in [1.29, 1.82) is 0 Å². The number of piperidine rings is 1. The Labute approximate surface area is 119 Å². The lowest BCUT2D eigenvalue weighted by Gasteiger charge is -2.33. The maximum absolute atomic E-state index is 11.2. The third-order valence-corrected chi connectivity index (χ3v) is 3.74. The van der Waals surface area contributed by atoms with Crippen LogP contribution in [0.25, 0.3) is 0 Å². The van der Waals surface area contributed by atoms with Gasteiger partial charge in [-0.1, -0.05) is 6.07 Å². The molecule has 0 amide bonds. The molecule has 1 unspecified atom stereocenters. The number of ether oxygens (including phenoxy) is 1. The topological polar surface area (TPSA) is 61.8 Å². The van der Waals surface area contributed by atoms with E-state index in [0.29, 0.717) is 6.54 Å². The number of anilines is 1. The van der Waals surface area contributed by atoms with Gasteiger partial charge in [0, 0.05) is 19.6 Å². The van der Waals surface area contributed by atoms with Gasteiger partial charge < -0.3 is 20.1 Å². The summed E-state index contributed by atoms with van der Waals surface area (Å²) in [4.78, 5) is 13.3. The van der Waals surface area contributed by atoms with Crippen molar-refractivity contribution in [2.45, 2.75) is 19.4 Å². The van der Waals surface area contributed by atoms with Crippen LogP contribution in [-0.4, -0.2) is 38.3 Å². The molecular formula is C15H22N2O3. The molecule has 5 heteroatoms. The highest BCUT2D eigenvalue weighted by molar-refractivity contribution is 5.72. The highest BCUT2D eigenvalue weighted by Crippen LogP contribution is 2.32. The number of carboxylic acid groups (broad SMARTS) is 1. The first-order valence-corrected chi connectivity index (χ1v) is 6.95. The van der Waals surface area contributed by atoms with Gasteiger partial charge in [0.1, 0.15) is 5.75 Å². The molecule has 1 aliphatic rings. The summed E-state index contributed by atoms with van der Waals surface area (Å²) in [6, 6.07) is 6.09.